The number of nitrogens with zero attached hydrogens (tertiary/aromatic N) is 1. The fraction of sp³-hybridized carbons (Fsp3) is 0. The van der Waals surface area contributed by atoms with Crippen LogP contribution in [0.2, 0.25) is 0 Å². The van der Waals surface area contributed by atoms with Gasteiger partial charge in [0, 0.05) is 0 Å². The van der Waals surface area contributed by atoms with E-state index in [4.69, 9.17) is 15.3 Å². The molecular formula is C6H3NO6S. The number of aromatic carboxylic acids is 3. The summed E-state index contributed by atoms with van der Waals surface area (Å²) < 4.78 is 3.24. The van der Waals surface area contributed by atoms with E-state index in [1.807, 2.05) is 0 Å². The maximum absolute atomic E-state index is 10.6. The van der Waals surface area contributed by atoms with E-state index in [1.54, 1.807) is 0 Å². The number of aromatic nitrogens is 1. The van der Waals surface area contributed by atoms with Gasteiger partial charge in [-0.1, -0.05) is 0 Å². The Morgan fingerprint density at radius 2 is 1.57 bits per heavy atom. The smallest absolute Gasteiger partial charge is 0.356 e. The van der Waals surface area contributed by atoms with Gasteiger partial charge in [-0.2, -0.15) is 4.37 Å². The fourth-order valence-corrected chi connectivity index (χ4v) is 1.49. The molecule has 0 aliphatic carbocycles. The lowest BCUT2D eigenvalue weighted by molar-refractivity contribution is 0.0635. The second-order valence-corrected chi connectivity index (χ2v) is 2.92. The molecule has 0 spiro atoms. The van der Waals surface area contributed by atoms with Crippen LogP contribution in [0.4, 0.5) is 0 Å². The Morgan fingerprint density at radius 1 is 1.00 bits per heavy atom. The van der Waals surface area contributed by atoms with Gasteiger partial charge in [0.05, 0.1) is 0 Å². The summed E-state index contributed by atoms with van der Waals surface area (Å²) in [4.78, 5) is 30.9. The maximum atomic E-state index is 10.6. The van der Waals surface area contributed by atoms with Crippen LogP contribution in [0.1, 0.15) is 30.5 Å². The first-order valence-electron chi connectivity index (χ1n) is 3.14. The second kappa shape index (κ2) is 3.42. The van der Waals surface area contributed by atoms with Crippen LogP contribution in [0, 0.1) is 0 Å². The Labute approximate surface area is 80.4 Å². The van der Waals surface area contributed by atoms with E-state index >= 15 is 0 Å². The van der Waals surface area contributed by atoms with E-state index in [0.29, 0.717) is 11.5 Å². The van der Waals surface area contributed by atoms with Crippen molar-refractivity contribution in [1.82, 2.24) is 4.37 Å². The van der Waals surface area contributed by atoms with Crippen LogP contribution in [-0.4, -0.2) is 37.6 Å². The Morgan fingerprint density at radius 3 is 1.93 bits per heavy atom. The third-order valence-electron chi connectivity index (χ3n) is 1.30. The summed E-state index contributed by atoms with van der Waals surface area (Å²) in [5, 5.41) is 25.6. The van der Waals surface area contributed by atoms with Crippen LogP contribution >= 0.6 is 11.5 Å². The largest absolute Gasteiger partial charge is 0.478 e. The summed E-state index contributed by atoms with van der Waals surface area (Å²) in [7, 11) is 0. The molecule has 0 aromatic carbocycles. The molecule has 0 bridgehead atoms. The highest BCUT2D eigenvalue weighted by Gasteiger charge is 2.28. The first kappa shape index (κ1) is 10.1. The van der Waals surface area contributed by atoms with Crippen LogP contribution in [0.5, 0.6) is 0 Å². The third-order valence-corrected chi connectivity index (χ3v) is 2.14. The molecule has 7 nitrogen and oxygen atoms in total. The lowest BCUT2D eigenvalue weighted by Gasteiger charge is -1.92. The predicted octanol–water partition coefficient (Wildman–Crippen LogP) is 0.238. The third kappa shape index (κ3) is 1.55. The molecule has 1 aromatic rings. The number of hydrogen-bond donors (Lipinski definition) is 3. The molecule has 74 valence electrons. The highest BCUT2D eigenvalue weighted by molar-refractivity contribution is 7.08. The summed E-state index contributed by atoms with van der Waals surface area (Å²) in [6.45, 7) is 0. The van der Waals surface area contributed by atoms with Crippen molar-refractivity contribution in [2.24, 2.45) is 0 Å². The van der Waals surface area contributed by atoms with Crippen molar-refractivity contribution >= 4 is 29.4 Å². The minimum Gasteiger partial charge on any atom is -0.478 e. The molecule has 0 aliphatic rings. The van der Waals surface area contributed by atoms with Gasteiger partial charge < -0.3 is 15.3 Å². The number of rotatable bonds is 3. The van der Waals surface area contributed by atoms with Crippen LogP contribution in [0.15, 0.2) is 0 Å². The molecule has 0 saturated heterocycles. The van der Waals surface area contributed by atoms with Gasteiger partial charge in [-0.15, -0.1) is 0 Å². The van der Waals surface area contributed by atoms with E-state index in [1.165, 1.54) is 0 Å². The molecule has 0 unspecified atom stereocenters. The molecular weight excluding hydrogens is 214 g/mol. The van der Waals surface area contributed by atoms with E-state index in [2.05, 4.69) is 4.37 Å². The molecule has 1 rings (SSSR count). The normalized spacial score (nSPS) is 9.71. The minimum atomic E-state index is -1.62. The molecule has 0 atom stereocenters. The molecule has 8 heteroatoms. The topological polar surface area (TPSA) is 125 Å². The van der Waals surface area contributed by atoms with E-state index in [-0.39, 0.29) is 0 Å². The second-order valence-electron chi connectivity index (χ2n) is 2.15. The van der Waals surface area contributed by atoms with Crippen molar-refractivity contribution in [3.05, 3.63) is 16.1 Å². The molecule has 0 radical (unpaired) electrons. The molecule has 1 aromatic heterocycles. The summed E-state index contributed by atoms with van der Waals surface area (Å²) in [6.07, 6.45) is 0. The summed E-state index contributed by atoms with van der Waals surface area (Å²) in [5.41, 5.74) is -1.53. The summed E-state index contributed by atoms with van der Waals surface area (Å²) in [5.74, 6) is -4.69. The molecule has 0 fully saturated rings. The van der Waals surface area contributed by atoms with Crippen LogP contribution < -0.4 is 0 Å². The van der Waals surface area contributed by atoms with Gasteiger partial charge >= 0.3 is 17.9 Å². The average Bonchev–Trinajstić information content (AvgIpc) is 2.46. The van der Waals surface area contributed by atoms with Crippen LogP contribution in [-0.2, 0) is 0 Å². The Bertz CT molecular complexity index is 390. The maximum Gasteiger partial charge on any atom is 0.356 e. The Kier molecular flexibility index (Phi) is 2.47. The van der Waals surface area contributed by atoms with Crippen molar-refractivity contribution in [1.29, 1.82) is 0 Å². The van der Waals surface area contributed by atoms with Gasteiger partial charge in [0.15, 0.2) is 5.69 Å². The first-order chi connectivity index (χ1) is 6.45. The lowest BCUT2D eigenvalue weighted by atomic mass is 10.2. The summed E-state index contributed by atoms with van der Waals surface area (Å²) in [6, 6.07) is 0. The van der Waals surface area contributed by atoms with Gasteiger partial charge in [-0.3, -0.25) is 0 Å². The molecule has 0 aliphatic heterocycles. The number of hydrogen-bond acceptors (Lipinski definition) is 5. The van der Waals surface area contributed by atoms with Gasteiger partial charge in [0.1, 0.15) is 10.4 Å². The van der Waals surface area contributed by atoms with Gasteiger partial charge in [0.25, 0.3) is 0 Å². The molecule has 0 saturated carbocycles. The van der Waals surface area contributed by atoms with Crippen LogP contribution in [0.25, 0.3) is 0 Å². The minimum absolute atomic E-state index is 0.330. The average molecular weight is 217 g/mol. The number of carboxylic acid groups (broad SMARTS) is 3. The SMILES string of the molecule is O=C(O)c1nsc(C(=O)O)c1C(=O)O. The summed E-state index contributed by atoms with van der Waals surface area (Å²) >= 11 is 0.330. The van der Waals surface area contributed by atoms with Crippen molar-refractivity contribution in [2.45, 2.75) is 0 Å². The Balaban J connectivity index is 3.42. The highest BCUT2D eigenvalue weighted by atomic mass is 32.1. The lowest BCUT2D eigenvalue weighted by Crippen LogP contribution is -2.10. The van der Waals surface area contributed by atoms with Crippen molar-refractivity contribution in [3.8, 4) is 0 Å². The highest BCUT2D eigenvalue weighted by Crippen LogP contribution is 2.19. The number of carbonyl (C=O) groups is 3. The molecule has 1 heterocycles. The molecule has 14 heavy (non-hydrogen) atoms. The van der Waals surface area contributed by atoms with Gasteiger partial charge in [-0.25, -0.2) is 14.4 Å². The van der Waals surface area contributed by atoms with E-state index in [0.717, 1.165) is 0 Å². The first-order valence-corrected chi connectivity index (χ1v) is 3.92. The molecule has 3 N–H and O–H groups in total. The van der Waals surface area contributed by atoms with E-state index in [9.17, 15) is 14.4 Å². The predicted molar refractivity (Wildman–Crippen MR) is 43.0 cm³/mol. The van der Waals surface area contributed by atoms with Crippen molar-refractivity contribution < 1.29 is 29.7 Å². The van der Waals surface area contributed by atoms with Gasteiger partial charge in [-0.05, 0) is 11.5 Å². The fourth-order valence-electron chi connectivity index (χ4n) is 0.780. The zero-order valence-corrected chi connectivity index (χ0v) is 7.24. The van der Waals surface area contributed by atoms with Crippen molar-refractivity contribution in [2.75, 3.05) is 0 Å². The van der Waals surface area contributed by atoms with E-state index < -0.39 is 34.0 Å². The van der Waals surface area contributed by atoms with Crippen LogP contribution in [0.3, 0.4) is 0 Å². The number of carboxylic acids is 3. The quantitative estimate of drug-likeness (QED) is 0.661. The molecule has 0 amide bonds. The zero-order chi connectivity index (χ0) is 10.9. The monoisotopic (exact) mass is 217 g/mol. The van der Waals surface area contributed by atoms with Crippen molar-refractivity contribution in [3.63, 3.8) is 0 Å². The standard InChI is InChI=1S/C6H3NO6S/c8-4(9)1-2(5(10)11)7-14-3(1)6(12)13/h(H,8,9)(H,10,11)(H,12,13). The zero-order valence-electron chi connectivity index (χ0n) is 6.42. The van der Waals surface area contributed by atoms with Gasteiger partial charge in [0.2, 0.25) is 0 Å². The Hall–Kier alpha value is -1.96.